The van der Waals surface area contributed by atoms with E-state index in [1.54, 1.807) is 24.3 Å². The number of hydrogen-bond acceptors (Lipinski definition) is 3. The molecule has 32 heavy (non-hydrogen) atoms. The molecule has 0 aromatic heterocycles. The van der Waals surface area contributed by atoms with Gasteiger partial charge in [-0.3, -0.25) is 9.59 Å². The molecule has 4 rings (SSSR count). The highest BCUT2D eigenvalue weighted by Gasteiger charge is 2.46. The van der Waals surface area contributed by atoms with E-state index in [1.807, 2.05) is 37.3 Å². The summed E-state index contributed by atoms with van der Waals surface area (Å²) >= 11 is 0. The van der Waals surface area contributed by atoms with Crippen molar-refractivity contribution < 1.29 is 18.8 Å². The van der Waals surface area contributed by atoms with Gasteiger partial charge in [-0.2, -0.15) is 0 Å². The summed E-state index contributed by atoms with van der Waals surface area (Å²) in [5.41, 5.74) is 2.78. The highest BCUT2D eigenvalue weighted by molar-refractivity contribution is 6.22. The number of anilines is 2. The maximum absolute atomic E-state index is 13.4. The molecule has 162 valence electrons. The lowest BCUT2D eigenvalue weighted by molar-refractivity contribution is -0.124. The van der Waals surface area contributed by atoms with Gasteiger partial charge in [-0.25, -0.2) is 14.1 Å². The van der Waals surface area contributed by atoms with Crippen LogP contribution in [0.25, 0.3) is 0 Å². The number of nitrogens with one attached hydrogen (secondary N) is 1. The van der Waals surface area contributed by atoms with E-state index in [0.717, 1.165) is 16.0 Å². The Balaban J connectivity index is 1.60. The largest absolute Gasteiger partial charge is 0.332 e. The van der Waals surface area contributed by atoms with E-state index in [1.165, 1.54) is 29.2 Å². The van der Waals surface area contributed by atoms with Crippen LogP contribution >= 0.6 is 0 Å². The summed E-state index contributed by atoms with van der Waals surface area (Å²) < 4.78 is 13.4. The number of rotatable bonds is 6. The first kappa shape index (κ1) is 21.2. The third-order valence-corrected chi connectivity index (χ3v) is 5.31. The molecule has 0 aliphatic carbocycles. The van der Waals surface area contributed by atoms with Crippen molar-refractivity contribution >= 4 is 29.2 Å². The first-order chi connectivity index (χ1) is 15.4. The van der Waals surface area contributed by atoms with E-state index in [2.05, 4.69) is 5.32 Å². The highest BCUT2D eigenvalue weighted by atomic mass is 19.1. The molecular formula is C25H22FN3O3. The first-order valence-electron chi connectivity index (χ1n) is 10.2. The molecule has 3 aromatic rings. The third kappa shape index (κ3) is 4.51. The number of imide groups is 1. The quantitative estimate of drug-likeness (QED) is 0.584. The fourth-order valence-corrected chi connectivity index (χ4v) is 3.64. The monoisotopic (exact) mass is 431 g/mol. The van der Waals surface area contributed by atoms with Gasteiger partial charge in [0.2, 0.25) is 5.91 Å². The van der Waals surface area contributed by atoms with Crippen LogP contribution in [0, 0.1) is 12.7 Å². The van der Waals surface area contributed by atoms with E-state index in [0.29, 0.717) is 5.69 Å². The summed E-state index contributed by atoms with van der Waals surface area (Å²) in [5.74, 6) is -1.36. The van der Waals surface area contributed by atoms with Gasteiger partial charge in [0.25, 0.3) is 5.91 Å². The summed E-state index contributed by atoms with van der Waals surface area (Å²) in [6.07, 6.45) is -0.191. The number of benzene rings is 3. The molecule has 1 saturated heterocycles. The average molecular weight is 431 g/mol. The molecule has 1 aliphatic heterocycles. The summed E-state index contributed by atoms with van der Waals surface area (Å²) in [6.45, 7) is 2.13. The first-order valence-corrected chi connectivity index (χ1v) is 10.2. The second-order valence-corrected chi connectivity index (χ2v) is 7.68. The van der Waals surface area contributed by atoms with Crippen molar-refractivity contribution in [1.29, 1.82) is 0 Å². The van der Waals surface area contributed by atoms with Crippen molar-refractivity contribution in [3.8, 4) is 0 Å². The van der Waals surface area contributed by atoms with Crippen molar-refractivity contribution in [1.82, 2.24) is 4.90 Å². The van der Waals surface area contributed by atoms with Gasteiger partial charge in [-0.05, 0) is 48.9 Å². The number of aryl methyl sites for hydroxylation is 1. The van der Waals surface area contributed by atoms with Gasteiger partial charge >= 0.3 is 6.03 Å². The number of halogens is 1. The SMILES string of the molecule is Cc1ccc(CN2C(=O)N(c3ccc(F)cc3)C(=O)[C@@H]2CC(=O)Nc2ccccc2)cc1. The molecule has 0 unspecified atom stereocenters. The van der Waals surface area contributed by atoms with Crippen LogP contribution in [0.1, 0.15) is 17.5 Å². The highest BCUT2D eigenvalue weighted by Crippen LogP contribution is 2.29. The van der Waals surface area contributed by atoms with Crippen LogP contribution < -0.4 is 10.2 Å². The molecule has 1 N–H and O–H groups in total. The molecule has 0 spiro atoms. The third-order valence-electron chi connectivity index (χ3n) is 5.31. The minimum absolute atomic E-state index is 0.172. The zero-order valence-electron chi connectivity index (χ0n) is 17.5. The van der Waals surface area contributed by atoms with Crippen molar-refractivity contribution in [2.24, 2.45) is 0 Å². The molecule has 0 radical (unpaired) electrons. The molecule has 1 fully saturated rings. The topological polar surface area (TPSA) is 69.7 Å². The predicted octanol–water partition coefficient (Wildman–Crippen LogP) is 4.50. The molecule has 0 bridgehead atoms. The number of urea groups is 1. The van der Waals surface area contributed by atoms with Crippen LogP contribution in [0.5, 0.6) is 0 Å². The number of amides is 4. The molecule has 1 atom stereocenters. The standard InChI is InChI=1S/C25H22FN3O3/c1-17-7-9-18(10-8-17)16-28-22(15-23(30)27-20-5-3-2-4-6-20)24(31)29(25(28)32)21-13-11-19(26)12-14-21/h2-14,22H,15-16H2,1H3,(H,27,30)/t22-/m0/s1. The van der Waals surface area contributed by atoms with Gasteiger partial charge in [0.15, 0.2) is 0 Å². The number of nitrogens with zero attached hydrogens (tertiary/aromatic N) is 2. The molecule has 0 saturated carbocycles. The van der Waals surface area contributed by atoms with Crippen molar-refractivity contribution in [2.45, 2.75) is 25.9 Å². The zero-order chi connectivity index (χ0) is 22.7. The minimum Gasteiger partial charge on any atom is -0.326 e. The summed E-state index contributed by atoms with van der Waals surface area (Å²) in [4.78, 5) is 41.5. The van der Waals surface area contributed by atoms with Crippen LogP contribution in [0.2, 0.25) is 0 Å². The number of carbonyl (C=O) groups is 3. The average Bonchev–Trinajstić information content (AvgIpc) is 3.00. The Morgan fingerprint density at radius 1 is 0.938 bits per heavy atom. The Labute approximate surface area is 185 Å². The Morgan fingerprint density at radius 3 is 2.25 bits per heavy atom. The Bertz CT molecular complexity index is 1130. The van der Waals surface area contributed by atoms with Crippen LogP contribution in [0.3, 0.4) is 0 Å². The molecular weight excluding hydrogens is 409 g/mol. The predicted molar refractivity (Wildman–Crippen MR) is 119 cm³/mol. The van der Waals surface area contributed by atoms with Crippen LogP contribution in [-0.4, -0.2) is 28.8 Å². The lowest BCUT2D eigenvalue weighted by Crippen LogP contribution is -2.37. The van der Waals surface area contributed by atoms with E-state index in [9.17, 15) is 18.8 Å². The van der Waals surface area contributed by atoms with Gasteiger partial charge in [0.1, 0.15) is 11.9 Å². The van der Waals surface area contributed by atoms with E-state index >= 15 is 0 Å². The van der Waals surface area contributed by atoms with Gasteiger partial charge in [-0.15, -0.1) is 0 Å². The molecule has 7 heteroatoms. The molecule has 1 heterocycles. The molecule has 4 amide bonds. The summed E-state index contributed by atoms with van der Waals surface area (Å²) in [6, 6.07) is 20.1. The molecule has 1 aliphatic rings. The van der Waals surface area contributed by atoms with E-state index < -0.39 is 23.8 Å². The maximum Gasteiger partial charge on any atom is 0.332 e. The van der Waals surface area contributed by atoms with Crippen LogP contribution in [0.15, 0.2) is 78.9 Å². The summed E-state index contributed by atoms with van der Waals surface area (Å²) in [7, 11) is 0. The molecule has 6 nitrogen and oxygen atoms in total. The van der Waals surface area contributed by atoms with Crippen LogP contribution in [0.4, 0.5) is 20.6 Å². The second-order valence-electron chi connectivity index (χ2n) is 7.68. The molecule has 3 aromatic carbocycles. The van der Waals surface area contributed by atoms with Gasteiger partial charge in [-0.1, -0.05) is 48.0 Å². The van der Waals surface area contributed by atoms with Crippen molar-refractivity contribution in [3.63, 3.8) is 0 Å². The summed E-state index contributed by atoms with van der Waals surface area (Å²) in [5, 5.41) is 2.76. The smallest absolute Gasteiger partial charge is 0.326 e. The Hall–Kier alpha value is -4.00. The van der Waals surface area contributed by atoms with Gasteiger partial charge in [0, 0.05) is 12.2 Å². The van der Waals surface area contributed by atoms with Crippen molar-refractivity contribution in [2.75, 3.05) is 10.2 Å². The number of carbonyl (C=O) groups excluding carboxylic acids is 3. The zero-order valence-corrected chi connectivity index (χ0v) is 17.5. The Morgan fingerprint density at radius 2 is 1.59 bits per heavy atom. The lowest BCUT2D eigenvalue weighted by atomic mass is 10.1. The fourth-order valence-electron chi connectivity index (χ4n) is 3.64. The maximum atomic E-state index is 13.4. The fraction of sp³-hybridized carbons (Fsp3) is 0.160. The van der Waals surface area contributed by atoms with Crippen LogP contribution in [-0.2, 0) is 16.1 Å². The second kappa shape index (κ2) is 9.01. The van der Waals surface area contributed by atoms with E-state index in [-0.39, 0.29) is 24.6 Å². The van der Waals surface area contributed by atoms with Gasteiger partial charge < -0.3 is 10.2 Å². The Kier molecular flexibility index (Phi) is 5.98. The van der Waals surface area contributed by atoms with Crippen molar-refractivity contribution in [3.05, 3.63) is 95.8 Å². The normalized spacial score (nSPS) is 15.9. The number of hydrogen-bond donors (Lipinski definition) is 1. The lowest BCUT2D eigenvalue weighted by Gasteiger charge is -2.22. The minimum atomic E-state index is -0.974. The van der Waals surface area contributed by atoms with E-state index in [4.69, 9.17) is 0 Å². The number of para-hydroxylation sites is 1. The van der Waals surface area contributed by atoms with Gasteiger partial charge in [0.05, 0.1) is 12.1 Å².